The summed E-state index contributed by atoms with van der Waals surface area (Å²) in [4.78, 5) is 24.1. The Morgan fingerprint density at radius 2 is 1.91 bits per heavy atom. The van der Waals surface area contributed by atoms with Gasteiger partial charge in [0.1, 0.15) is 0 Å². The Hall–Kier alpha value is -1.88. The first-order valence-corrected chi connectivity index (χ1v) is 8.60. The number of hydrogen-bond acceptors (Lipinski definition) is 3. The lowest BCUT2D eigenvalue weighted by Gasteiger charge is -2.24. The second-order valence-corrected chi connectivity index (χ2v) is 6.58. The third-order valence-corrected chi connectivity index (χ3v) is 4.80. The Morgan fingerprint density at radius 1 is 1.09 bits per heavy atom. The number of nitrogens with one attached hydrogen (secondary N) is 3. The van der Waals surface area contributed by atoms with Crippen molar-refractivity contribution >= 4 is 17.5 Å². The van der Waals surface area contributed by atoms with Crippen LogP contribution < -0.4 is 16.0 Å². The Labute approximate surface area is 137 Å². The van der Waals surface area contributed by atoms with Crippen molar-refractivity contribution in [2.24, 2.45) is 11.8 Å². The van der Waals surface area contributed by atoms with Crippen LogP contribution in [-0.4, -0.2) is 24.9 Å². The maximum Gasteiger partial charge on any atom is 0.227 e. The van der Waals surface area contributed by atoms with E-state index in [9.17, 15) is 9.59 Å². The number of benzene rings is 1. The first-order chi connectivity index (χ1) is 11.2. The molecule has 0 aromatic heterocycles. The van der Waals surface area contributed by atoms with E-state index in [-0.39, 0.29) is 23.7 Å². The predicted octanol–water partition coefficient (Wildman–Crippen LogP) is 2.04. The van der Waals surface area contributed by atoms with Gasteiger partial charge in [0.25, 0.3) is 0 Å². The summed E-state index contributed by atoms with van der Waals surface area (Å²) >= 11 is 0. The normalized spacial score (nSPS) is 21.3. The molecule has 124 valence electrons. The second kappa shape index (κ2) is 7.59. The fourth-order valence-corrected chi connectivity index (χ4v) is 3.08. The highest BCUT2D eigenvalue weighted by Crippen LogP contribution is 2.27. The van der Waals surface area contributed by atoms with Crippen LogP contribution in [0.2, 0.25) is 0 Å². The van der Waals surface area contributed by atoms with Crippen LogP contribution in [0.3, 0.4) is 0 Å². The quantitative estimate of drug-likeness (QED) is 0.779. The van der Waals surface area contributed by atoms with E-state index in [0.717, 1.165) is 56.4 Å². The summed E-state index contributed by atoms with van der Waals surface area (Å²) in [6.07, 6.45) is 5.16. The average Bonchev–Trinajstić information content (AvgIpc) is 2.52. The van der Waals surface area contributed by atoms with Crippen LogP contribution in [0, 0.1) is 11.8 Å². The zero-order valence-electron chi connectivity index (χ0n) is 13.4. The van der Waals surface area contributed by atoms with Gasteiger partial charge in [-0.3, -0.25) is 9.59 Å². The third-order valence-electron chi connectivity index (χ3n) is 4.80. The highest BCUT2D eigenvalue weighted by molar-refractivity contribution is 5.93. The van der Waals surface area contributed by atoms with E-state index in [0.29, 0.717) is 6.54 Å². The summed E-state index contributed by atoms with van der Waals surface area (Å²) in [6.45, 7) is 2.28. The zero-order chi connectivity index (χ0) is 16.1. The van der Waals surface area contributed by atoms with E-state index in [1.54, 1.807) is 0 Å². The molecular formula is C18H25N3O2. The van der Waals surface area contributed by atoms with Crippen molar-refractivity contribution in [2.45, 2.75) is 38.6 Å². The molecule has 1 saturated heterocycles. The summed E-state index contributed by atoms with van der Waals surface area (Å²) in [5.74, 6) is 0.481. The van der Waals surface area contributed by atoms with Crippen LogP contribution in [0.4, 0.5) is 5.69 Å². The van der Waals surface area contributed by atoms with Gasteiger partial charge >= 0.3 is 0 Å². The van der Waals surface area contributed by atoms with Gasteiger partial charge < -0.3 is 16.0 Å². The fourth-order valence-electron chi connectivity index (χ4n) is 3.08. The van der Waals surface area contributed by atoms with Crippen molar-refractivity contribution < 1.29 is 9.59 Å². The Balaban J connectivity index is 1.50. The molecule has 5 heteroatoms. The lowest BCUT2D eigenvalue weighted by molar-refractivity contribution is -0.125. The van der Waals surface area contributed by atoms with Crippen molar-refractivity contribution in [1.29, 1.82) is 0 Å². The number of rotatable bonds is 5. The van der Waals surface area contributed by atoms with Crippen LogP contribution in [0.15, 0.2) is 24.3 Å². The predicted molar refractivity (Wildman–Crippen MR) is 89.9 cm³/mol. The molecule has 1 heterocycles. The van der Waals surface area contributed by atoms with Gasteiger partial charge in [0, 0.05) is 24.7 Å². The molecule has 2 amide bonds. The SMILES string of the molecule is O=C(NCc1cccc(NC(=O)C2CCC2)c1)C1CCCNC1. The van der Waals surface area contributed by atoms with E-state index >= 15 is 0 Å². The maximum absolute atomic E-state index is 12.1. The first-order valence-electron chi connectivity index (χ1n) is 8.60. The van der Waals surface area contributed by atoms with Gasteiger partial charge in [-0.1, -0.05) is 18.6 Å². The minimum absolute atomic E-state index is 0.0743. The van der Waals surface area contributed by atoms with Gasteiger partial charge in [0.2, 0.25) is 11.8 Å². The van der Waals surface area contributed by atoms with Crippen molar-refractivity contribution in [2.75, 3.05) is 18.4 Å². The van der Waals surface area contributed by atoms with Gasteiger partial charge in [-0.25, -0.2) is 0 Å². The van der Waals surface area contributed by atoms with Crippen LogP contribution >= 0.6 is 0 Å². The van der Waals surface area contributed by atoms with Crippen molar-refractivity contribution in [1.82, 2.24) is 10.6 Å². The average molecular weight is 315 g/mol. The van der Waals surface area contributed by atoms with E-state index in [1.165, 1.54) is 0 Å². The summed E-state index contributed by atoms with van der Waals surface area (Å²) in [5.41, 5.74) is 1.82. The molecule has 1 unspecified atom stereocenters. The lowest BCUT2D eigenvalue weighted by Crippen LogP contribution is -2.40. The van der Waals surface area contributed by atoms with E-state index in [4.69, 9.17) is 0 Å². The molecule has 1 aromatic carbocycles. The number of carbonyl (C=O) groups is 2. The molecule has 1 aliphatic carbocycles. The van der Waals surface area contributed by atoms with Gasteiger partial charge in [0.05, 0.1) is 5.92 Å². The molecule has 5 nitrogen and oxygen atoms in total. The summed E-state index contributed by atoms with van der Waals surface area (Å²) in [5, 5.41) is 9.23. The minimum atomic E-state index is 0.0743. The van der Waals surface area contributed by atoms with Crippen LogP contribution in [0.25, 0.3) is 0 Å². The number of piperidine rings is 1. The van der Waals surface area contributed by atoms with Crippen LogP contribution in [0.1, 0.15) is 37.7 Å². The maximum atomic E-state index is 12.1. The molecule has 3 N–H and O–H groups in total. The smallest absolute Gasteiger partial charge is 0.227 e. The van der Waals surface area contributed by atoms with Gasteiger partial charge in [-0.2, -0.15) is 0 Å². The lowest BCUT2D eigenvalue weighted by atomic mass is 9.85. The van der Waals surface area contributed by atoms with Crippen molar-refractivity contribution in [3.8, 4) is 0 Å². The number of amides is 2. The van der Waals surface area contributed by atoms with E-state index in [1.807, 2.05) is 24.3 Å². The highest BCUT2D eigenvalue weighted by atomic mass is 16.2. The molecule has 3 rings (SSSR count). The van der Waals surface area contributed by atoms with E-state index < -0.39 is 0 Å². The van der Waals surface area contributed by atoms with Crippen LogP contribution in [-0.2, 0) is 16.1 Å². The topological polar surface area (TPSA) is 70.2 Å². The summed E-state index contributed by atoms with van der Waals surface area (Å²) in [7, 11) is 0. The molecule has 2 aliphatic rings. The van der Waals surface area contributed by atoms with Gasteiger partial charge in [-0.15, -0.1) is 0 Å². The van der Waals surface area contributed by atoms with Gasteiger partial charge in [0.15, 0.2) is 0 Å². The highest BCUT2D eigenvalue weighted by Gasteiger charge is 2.25. The fraction of sp³-hybridized carbons (Fsp3) is 0.556. The van der Waals surface area contributed by atoms with Crippen molar-refractivity contribution in [3.05, 3.63) is 29.8 Å². The zero-order valence-corrected chi connectivity index (χ0v) is 13.4. The molecule has 0 spiro atoms. The molecule has 1 aliphatic heterocycles. The monoisotopic (exact) mass is 315 g/mol. The van der Waals surface area contributed by atoms with Crippen LogP contribution in [0.5, 0.6) is 0 Å². The largest absolute Gasteiger partial charge is 0.352 e. The molecular weight excluding hydrogens is 290 g/mol. The molecule has 1 saturated carbocycles. The number of anilines is 1. The Kier molecular flexibility index (Phi) is 5.28. The first kappa shape index (κ1) is 16.0. The molecule has 1 atom stereocenters. The third kappa shape index (κ3) is 4.32. The molecule has 0 bridgehead atoms. The summed E-state index contributed by atoms with van der Waals surface area (Å²) in [6, 6.07) is 7.72. The molecule has 2 fully saturated rings. The second-order valence-electron chi connectivity index (χ2n) is 6.58. The Morgan fingerprint density at radius 3 is 2.61 bits per heavy atom. The standard InChI is InChI=1S/C18H25N3O2/c22-17(15-7-3-9-19-12-15)20-11-13-4-1-8-16(10-13)21-18(23)14-5-2-6-14/h1,4,8,10,14-15,19H,2-3,5-7,9,11-12H2,(H,20,22)(H,21,23). The van der Waals surface area contributed by atoms with Crippen molar-refractivity contribution in [3.63, 3.8) is 0 Å². The molecule has 23 heavy (non-hydrogen) atoms. The molecule has 1 aromatic rings. The molecule has 0 radical (unpaired) electrons. The van der Waals surface area contributed by atoms with E-state index in [2.05, 4.69) is 16.0 Å². The minimum Gasteiger partial charge on any atom is -0.352 e. The number of carbonyl (C=O) groups excluding carboxylic acids is 2. The van der Waals surface area contributed by atoms with Gasteiger partial charge in [-0.05, 0) is 49.9 Å². The number of hydrogen-bond donors (Lipinski definition) is 3. The summed E-state index contributed by atoms with van der Waals surface area (Å²) < 4.78 is 0. The Bertz CT molecular complexity index is 563.